The van der Waals surface area contributed by atoms with Gasteiger partial charge < -0.3 is 5.32 Å². The maximum atomic E-state index is 4.38. The van der Waals surface area contributed by atoms with Gasteiger partial charge in [-0.1, -0.05) is 13.8 Å². The highest BCUT2D eigenvalue weighted by Gasteiger charge is 2.15. The number of aromatic nitrogens is 2. The summed E-state index contributed by atoms with van der Waals surface area (Å²) in [6, 6.07) is 2.46. The summed E-state index contributed by atoms with van der Waals surface area (Å²) in [6.45, 7) is 5.27. The summed E-state index contributed by atoms with van der Waals surface area (Å²) in [4.78, 5) is 8.60. The van der Waals surface area contributed by atoms with E-state index in [1.807, 2.05) is 24.0 Å². The standard InChI is InChI=1S/C14H19N3S/c1-3-11-10-15-6-5-12(11)13(16-4-2)9-14-17-7-8-18-14/h5-8,10,13,16H,3-4,9H2,1-2H3. The van der Waals surface area contributed by atoms with Gasteiger partial charge in [-0.15, -0.1) is 11.3 Å². The van der Waals surface area contributed by atoms with Gasteiger partial charge in [-0.3, -0.25) is 4.98 Å². The summed E-state index contributed by atoms with van der Waals surface area (Å²) < 4.78 is 0. The molecule has 2 heterocycles. The maximum Gasteiger partial charge on any atom is 0.0943 e. The second kappa shape index (κ2) is 6.61. The predicted molar refractivity (Wildman–Crippen MR) is 75.9 cm³/mol. The largest absolute Gasteiger partial charge is 0.310 e. The van der Waals surface area contributed by atoms with Gasteiger partial charge in [-0.25, -0.2) is 4.98 Å². The summed E-state index contributed by atoms with van der Waals surface area (Å²) in [5, 5.41) is 6.76. The molecule has 2 aromatic rings. The van der Waals surface area contributed by atoms with Crippen LogP contribution in [-0.2, 0) is 12.8 Å². The average molecular weight is 261 g/mol. The van der Waals surface area contributed by atoms with E-state index >= 15 is 0 Å². The molecule has 96 valence electrons. The number of pyridine rings is 1. The van der Waals surface area contributed by atoms with Crippen molar-refractivity contribution in [3.63, 3.8) is 0 Å². The second-order valence-corrected chi connectivity index (χ2v) is 5.15. The second-order valence-electron chi connectivity index (χ2n) is 4.17. The van der Waals surface area contributed by atoms with E-state index in [-0.39, 0.29) is 0 Å². The van der Waals surface area contributed by atoms with E-state index in [0.29, 0.717) is 6.04 Å². The van der Waals surface area contributed by atoms with Gasteiger partial charge in [-0.05, 0) is 30.2 Å². The van der Waals surface area contributed by atoms with E-state index in [2.05, 4.69) is 35.2 Å². The fourth-order valence-corrected chi connectivity index (χ4v) is 2.80. The Morgan fingerprint density at radius 3 is 2.89 bits per heavy atom. The van der Waals surface area contributed by atoms with Crippen LogP contribution in [0.25, 0.3) is 0 Å². The Hall–Kier alpha value is -1.26. The van der Waals surface area contributed by atoms with Gasteiger partial charge in [0.25, 0.3) is 0 Å². The number of hydrogen-bond acceptors (Lipinski definition) is 4. The minimum absolute atomic E-state index is 0.332. The van der Waals surface area contributed by atoms with E-state index in [1.165, 1.54) is 16.1 Å². The van der Waals surface area contributed by atoms with Crippen LogP contribution in [0.15, 0.2) is 30.0 Å². The maximum absolute atomic E-state index is 4.38. The zero-order valence-corrected chi connectivity index (χ0v) is 11.7. The van der Waals surface area contributed by atoms with Crippen molar-refractivity contribution in [2.24, 2.45) is 0 Å². The van der Waals surface area contributed by atoms with Crippen molar-refractivity contribution in [2.75, 3.05) is 6.54 Å². The summed E-state index contributed by atoms with van der Waals surface area (Å²) in [5.41, 5.74) is 2.67. The summed E-state index contributed by atoms with van der Waals surface area (Å²) in [7, 11) is 0. The van der Waals surface area contributed by atoms with E-state index in [1.54, 1.807) is 11.3 Å². The molecule has 0 amide bonds. The Kier molecular flexibility index (Phi) is 4.84. The Balaban J connectivity index is 2.23. The molecular weight excluding hydrogens is 242 g/mol. The van der Waals surface area contributed by atoms with Crippen LogP contribution < -0.4 is 5.32 Å². The molecule has 2 aromatic heterocycles. The van der Waals surface area contributed by atoms with E-state index in [0.717, 1.165) is 19.4 Å². The molecule has 0 aliphatic rings. The van der Waals surface area contributed by atoms with Crippen molar-refractivity contribution in [1.29, 1.82) is 0 Å². The molecule has 0 aromatic carbocycles. The zero-order valence-electron chi connectivity index (χ0n) is 10.9. The first-order valence-electron chi connectivity index (χ1n) is 6.39. The lowest BCUT2D eigenvalue weighted by Gasteiger charge is -2.19. The minimum Gasteiger partial charge on any atom is -0.310 e. The van der Waals surface area contributed by atoms with Crippen molar-refractivity contribution in [3.05, 3.63) is 46.2 Å². The van der Waals surface area contributed by atoms with Crippen molar-refractivity contribution < 1.29 is 0 Å². The molecule has 0 saturated heterocycles. The highest BCUT2D eigenvalue weighted by atomic mass is 32.1. The molecule has 2 rings (SSSR count). The normalized spacial score (nSPS) is 12.6. The minimum atomic E-state index is 0.332. The van der Waals surface area contributed by atoms with Crippen LogP contribution >= 0.6 is 11.3 Å². The molecule has 3 nitrogen and oxygen atoms in total. The summed E-state index contributed by atoms with van der Waals surface area (Å²) in [5.74, 6) is 0. The number of hydrogen-bond donors (Lipinski definition) is 1. The first kappa shape index (κ1) is 13.2. The SMILES string of the molecule is CCNC(Cc1nccs1)c1ccncc1CC. The quantitative estimate of drug-likeness (QED) is 0.868. The third-order valence-electron chi connectivity index (χ3n) is 3.01. The number of aryl methyl sites for hydroxylation is 1. The van der Waals surface area contributed by atoms with Gasteiger partial charge >= 0.3 is 0 Å². The predicted octanol–water partition coefficient (Wildman–Crippen LogP) is 2.99. The first-order valence-corrected chi connectivity index (χ1v) is 7.27. The molecule has 18 heavy (non-hydrogen) atoms. The van der Waals surface area contributed by atoms with Crippen molar-refractivity contribution >= 4 is 11.3 Å². The topological polar surface area (TPSA) is 37.8 Å². The van der Waals surface area contributed by atoms with Gasteiger partial charge in [0, 0.05) is 36.4 Å². The van der Waals surface area contributed by atoms with Crippen molar-refractivity contribution in [3.8, 4) is 0 Å². The number of likely N-dealkylation sites (N-methyl/N-ethyl adjacent to an activating group) is 1. The Bertz CT molecular complexity index is 468. The van der Waals surface area contributed by atoms with E-state index in [9.17, 15) is 0 Å². The van der Waals surface area contributed by atoms with Crippen LogP contribution in [-0.4, -0.2) is 16.5 Å². The summed E-state index contributed by atoms with van der Waals surface area (Å²) >= 11 is 1.72. The lowest BCUT2D eigenvalue weighted by atomic mass is 9.98. The average Bonchev–Trinajstić information content (AvgIpc) is 2.91. The molecule has 0 aliphatic heterocycles. The summed E-state index contributed by atoms with van der Waals surface area (Å²) in [6.07, 6.45) is 7.68. The van der Waals surface area contributed by atoms with Crippen LogP contribution in [0.5, 0.6) is 0 Å². The Morgan fingerprint density at radius 1 is 1.33 bits per heavy atom. The molecular formula is C14H19N3S. The molecule has 0 fully saturated rings. The van der Waals surface area contributed by atoms with Crippen LogP contribution in [0.3, 0.4) is 0 Å². The highest BCUT2D eigenvalue weighted by Crippen LogP contribution is 2.22. The lowest BCUT2D eigenvalue weighted by Crippen LogP contribution is -2.24. The molecule has 0 bridgehead atoms. The van der Waals surface area contributed by atoms with Gasteiger partial charge in [0.1, 0.15) is 0 Å². The monoisotopic (exact) mass is 261 g/mol. The highest BCUT2D eigenvalue weighted by molar-refractivity contribution is 7.09. The molecule has 4 heteroatoms. The third-order valence-corrected chi connectivity index (χ3v) is 3.81. The molecule has 1 unspecified atom stereocenters. The van der Waals surface area contributed by atoms with Crippen LogP contribution in [0, 0.1) is 0 Å². The van der Waals surface area contributed by atoms with Gasteiger partial charge in [0.05, 0.1) is 5.01 Å². The van der Waals surface area contributed by atoms with Crippen molar-refractivity contribution in [1.82, 2.24) is 15.3 Å². The fraction of sp³-hybridized carbons (Fsp3) is 0.429. The van der Waals surface area contributed by atoms with Crippen LogP contribution in [0.1, 0.15) is 36.0 Å². The van der Waals surface area contributed by atoms with Crippen LogP contribution in [0.4, 0.5) is 0 Å². The molecule has 1 N–H and O–H groups in total. The smallest absolute Gasteiger partial charge is 0.0943 e. The zero-order chi connectivity index (χ0) is 12.8. The number of nitrogens with zero attached hydrogens (tertiary/aromatic N) is 2. The first-order chi connectivity index (χ1) is 8.85. The fourth-order valence-electron chi connectivity index (χ4n) is 2.14. The van der Waals surface area contributed by atoms with Gasteiger partial charge in [0.2, 0.25) is 0 Å². The van der Waals surface area contributed by atoms with E-state index in [4.69, 9.17) is 0 Å². The Morgan fingerprint density at radius 2 is 2.22 bits per heavy atom. The molecule has 0 radical (unpaired) electrons. The Labute approximate surface area is 112 Å². The van der Waals surface area contributed by atoms with Crippen molar-refractivity contribution in [2.45, 2.75) is 32.7 Å². The van der Waals surface area contributed by atoms with Gasteiger partial charge in [-0.2, -0.15) is 0 Å². The number of thiazole rings is 1. The molecule has 0 aliphatic carbocycles. The van der Waals surface area contributed by atoms with Gasteiger partial charge in [0.15, 0.2) is 0 Å². The van der Waals surface area contributed by atoms with E-state index < -0.39 is 0 Å². The molecule has 0 spiro atoms. The third kappa shape index (κ3) is 3.15. The molecule has 0 saturated carbocycles. The number of rotatable bonds is 6. The number of nitrogens with one attached hydrogen (secondary N) is 1. The molecule has 1 atom stereocenters. The lowest BCUT2D eigenvalue weighted by molar-refractivity contribution is 0.544. The van der Waals surface area contributed by atoms with Crippen LogP contribution in [0.2, 0.25) is 0 Å².